The quantitative estimate of drug-likeness (QED) is 0.236. The van der Waals surface area contributed by atoms with E-state index in [2.05, 4.69) is 105 Å². The fourth-order valence-corrected chi connectivity index (χ4v) is 4.91. The van der Waals surface area contributed by atoms with Gasteiger partial charge < -0.3 is 9.31 Å². The Bertz CT molecular complexity index is 1510. The molecule has 6 rings (SSSR count). The zero-order chi connectivity index (χ0) is 22.8. The van der Waals surface area contributed by atoms with Crippen LogP contribution in [0.15, 0.2) is 85.2 Å². The van der Waals surface area contributed by atoms with E-state index in [1.54, 1.807) is 0 Å². The summed E-state index contributed by atoms with van der Waals surface area (Å²) in [5, 5.41) is 7.28. The number of pyridine rings is 1. The first-order chi connectivity index (χ1) is 15.9. The van der Waals surface area contributed by atoms with Gasteiger partial charge in [-0.1, -0.05) is 54.6 Å². The molecule has 0 atom stereocenters. The molecule has 1 aromatic heterocycles. The fraction of sp³-hybridized carbons (Fsp3) is 0.207. The lowest BCUT2D eigenvalue weighted by Crippen LogP contribution is -2.41. The predicted octanol–water partition coefficient (Wildman–Crippen LogP) is 6.51. The van der Waals surface area contributed by atoms with E-state index in [1.165, 1.54) is 43.4 Å². The molecule has 0 bridgehead atoms. The Morgan fingerprint density at radius 1 is 0.606 bits per heavy atom. The molecule has 0 radical (unpaired) electrons. The molecule has 0 unspecified atom stereocenters. The SMILES string of the molecule is CC1(C)OB(c2cc3c4ccccc4c(-c4ccncc4)cc3c3ccccc23)OC1(C)C. The van der Waals surface area contributed by atoms with Gasteiger partial charge in [0.25, 0.3) is 0 Å². The average molecular weight is 431 g/mol. The smallest absolute Gasteiger partial charge is 0.399 e. The summed E-state index contributed by atoms with van der Waals surface area (Å²) in [6, 6.07) is 26.0. The number of rotatable bonds is 2. The number of hydrogen-bond donors (Lipinski definition) is 0. The maximum Gasteiger partial charge on any atom is 0.495 e. The van der Waals surface area contributed by atoms with Crippen LogP contribution >= 0.6 is 0 Å². The van der Waals surface area contributed by atoms with Crippen molar-refractivity contribution in [3.05, 3.63) is 85.2 Å². The summed E-state index contributed by atoms with van der Waals surface area (Å²) >= 11 is 0. The van der Waals surface area contributed by atoms with Crippen molar-refractivity contribution in [1.82, 2.24) is 4.98 Å². The lowest BCUT2D eigenvalue weighted by Gasteiger charge is -2.32. The van der Waals surface area contributed by atoms with E-state index in [0.29, 0.717) is 0 Å². The summed E-state index contributed by atoms with van der Waals surface area (Å²) in [7, 11) is -0.414. The van der Waals surface area contributed by atoms with Crippen LogP contribution < -0.4 is 5.46 Å². The van der Waals surface area contributed by atoms with Gasteiger partial charge in [0.1, 0.15) is 0 Å². The van der Waals surface area contributed by atoms with Crippen LogP contribution in [0.4, 0.5) is 0 Å². The van der Waals surface area contributed by atoms with Crippen LogP contribution in [-0.4, -0.2) is 23.3 Å². The molecule has 0 aliphatic carbocycles. The summed E-state index contributed by atoms with van der Waals surface area (Å²) in [6.45, 7) is 8.42. The molecule has 3 nitrogen and oxygen atoms in total. The summed E-state index contributed by atoms with van der Waals surface area (Å²) < 4.78 is 13.0. The van der Waals surface area contributed by atoms with Gasteiger partial charge in [-0.15, -0.1) is 0 Å². The van der Waals surface area contributed by atoms with Crippen molar-refractivity contribution in [2.24, 2.45) is 0 Å². The predicted molar refractivity (Wildman–Crippen MR) is 138 cm³/mol. The minimum atomic E-state index is -0.414. The largest absolute Gasteiger partial charge is 0.495 e. The van der Waals surface area contributed by atoms with Crippen molar-refractivity contribution in [2.75, 3.05) is 0 Å². The van der Waals surface area contributed by atoms with Gasteiger partial charge in [-0.05, 0) is 94.8 Å². The maximum atomic E-state index is 6.48. The van der Waals surface area contributed by atoms with Crippen molar-refractivity contribution >= 4 is 44.9 Å². The molecule has 0 saturated carbocycles. The molecular formula is C29H26BNO2. The average Bonchev–Trinajstić information content (AvgIpc) is 3.05. The second-order valence-corrected chi connectivity index (χ2v) is 9.90. The van der Waals surface area contributed by atoms with Gasteiger partial charge in [0.15, 0.2) is 0 Å². The fourth-order valence-electron chi connectivity index (χ4n) is 4.91. The van der Waals surface area contributed by atoms with Gasteiger partial charge in [-0.25, -0.2) is 0 Å². The van der Waals surface area contributed by atoms with Crippen LogP contribution in [0, 0.1) is 0 Å². The van der Waals surface area contributed by atoms with E-state index in [0.717, 1.165) is 5.46 Å². The van der Waals surface area contributed by atoms with Gasteiger partial charge in [0, 0.05) is 12.4 Å². The molecule has 4 aromatic carbocycles. The van der Waals surface area contributed by atoms with E-state index < -0.39 is 7.12 Å². The molecule has 2 heterocycles. The van der Waals surface area contributed by atoms with Gasteiger partial charge in [0.2, 0.25) is 0 Å². The molecule has 1 aliphatic rings. The van der Waals surface area contributed by atoms with Crippen molar-refractivity contribution < 1.29 is 9.31 Å². The highest BCUT2D eigenvalue weighted by Crippen LogP contribution is 2.40. The third-order valence-electron chi connectivity index (χ3n) is 7.41. The Balaban J connectivity index is 1.70. The summed E-state index contributed by atoms with van der Waals surface area (Å²) in [5.74, 6) is 0. The van der Waals surface area contributed by atoms with Gasteiger partial charge in [0.05, 0.1) is 11.2 Å². The molecule has 0 spiro atoms. The lowest BCUT2D eigenvalue weighted by molar-refractivity contribution is 0.00578. The summed E-state index contributed by atoms with van der Waals surface area (Å²) in [5.41, 5.74) is 2.69. The first kappa shape index (κ1) is 20.4. The third-order valence-corrected chi connectivity index (χ3v) is 7.41. The Kier molecular flexibility index (Phi) is 4.42. The van der Waals surface area contributed by atoms with Crippen molar-refractivity contribution in [1.29, 1.82) is 0 Å². The van der Waals surface area contributed by atoms with Gasteiger partial charge >= 0.3 is 7.12 Å². The molecular weight excluding hydrogens is 405 g/mol. The highest BCUT2D eigenvalue weighted by molar-refractivity contribution is 6.66. The van der Waals surface area contributed by atoms with E-state index in [4.69, 9.17) is 9.31 Å². The zero-order valence-electron chi connectivity index (χ0n) is 19.4. The van der Waals surface area contributed by atoms with Crippen LogP contribution in [0.25, 0.3) is 43.4 Å². The molecule has 33 heavy (non-hydrogen) atoms. The van der Waals surface area contributed by atoms with Crippen molar-refractivity contribution in [3.63, 3.8) is 0 Å². The van der Waals surface area contributed by atoms with Gasteiger partial charge in [-0.3, -0.25) is 4.98 Å². The highest BCUT2D eigenvalue weighted by Gasteiger charge is 2.52. The minimum Gasteiger partial charge on any atom is -0.399 e. The number of fused-ring (bicyclic) bond motifs is 5. The molecule has 162 valence electrons. The molecule has 0 N–H and O–H groups in total. The van der Waals surface area contributed by atoms with Crippen LogP contribution in [0.1, 0.15) is 27.7 Å². The minimum absolute atomic E-state index is 0.388. The van der Waals surface area contributed by atoms with E-state index in [-0.39, 0.29) is 11.2 Å². The third kappa shape index (κ3) is 3.09. The topological polar surface area (TPSA) is 31.4 Å². The van der Waals surface area contributed by atoms with E-state index in [1.807, 2.05) is 12.4 Å². The van der Waals surface area contributed by atoms with Crippen molar-refractivity contribution in [3.8, 4) is 11.1 Å². The Morgan fingerprint density at radius 3 is 1.76 bits per heavy atom. The molecule has 1 saturated heterocycles. The highest BCUT2D eigenvalue weighted by atomic mass is 16.7. The van der Waals surface area contributed by atoms with Crippen LogP contribution in [0.5, 0.6) is 0 Å². The van der Waals surface area contributed by atoms with Crippen LogP contribution in [-0.2, 0) is 9.31 Å². The maximum absolute atomic E-state index is 6.48. The first-order valence-electron chi connectivity index (χ1n) is 11.5. The normalized spacial score (nSPS) is 17.3. The standard InChI is InChI=1S/C29H26BNO2/c1-28(2)29(3,4)33-30(32-28)27-18-26-21-10-6-5-9-20(21)24(19-13-15-31-16-14-19)17-25(26)22-11-7-8-12-23(22)27/h5-18H,1-4H3. The van der Waals surface area contributed by atoms with Gasteiger partial charge in [-0.2, -0.15) is 0 Å². The second kappa shape index (κ2) is 7.15. The summed E-state index contributed by atoms with van der Waals surface area (Å²) in [4.78, 5) is 4.21. The van der Waals surface area contributed by atoms with E-state index >= 15 is 0 Å². The van der Waals surface area contributed by atoms with Crippen LogP contribution in [0.2, 0.25) is 0 Å². The molecule has 0 amide bonds. The number of hydrogen-bond acceptors (Lipinski definition) is 3. The Morgan fingerprint density at radius 2 is 1.12 bits per heavy atom. The summed E-state index contributed by atoms with van der Waals surface area (Å²) in [6.07, 6.45) is 3.71. The van der Waals surface area contributed by atoms with Crippen molar-refractivity contribution in [2.45, 2.75) is 38.9 Å². The molecule has 4 heteroatoms. The zero-order valence-corrected chi connectivity index (χ0v) is 19.4. The number of benzene rings is 4. The molecule has 5 aromatic rings. The van der Waals surface area contributed by atoms with Crippen LogP contribution in [0.3, 0.4) is 0 Å². The van der Waals surface area contributed by atoms with E-state index in [9.17, 15) is 0 Å². The lowest BCUT2D eigenvalue weighted by atomic mass is 9.74. The molecule has 1 fully saturated rings. The Hall–Kier alpha value is -3.21. The monoisotopic (exact) mass is 431 g/mol. The Labute approximate surface area is 194 Å². The number of nitrogens with zero attached hydrogens (tertiary/aromatic N) is 1. The number of aromatic nitrogens is 1. The first-order valence-corrected chi connectivity index (χ1v) is 11.5. The second-order valence-electron chi connectivity index (χ2n) is 9.90. The molecule has 1 aliphatic heterocycles.